The molecule has 1 aromatic heterocycles. The summed E-state index contributed by atoms with van der Waals surface area (Å²) in [7, 11) is 0. The highest BCUT2D eigenvalue weighted by atomic mass is 79.9. The van der Waals surface area contributed by atoms with Crippen molar-refractivity contribution in [3.05, 3.63) is 28.5 Å². The fourth-order valence-corrected chi connectivity index (χ4v) is 1.46. The summed E-state index contributed by atoms with van der Waals surface area (Å²) in [4.78, 5) is 3.92. The Kier molecular flexibility index (Phi) is 4.73. The molecule has 1 atom stereocenters. The molecule has 1 rings (SSSR count). The lowest BCUT2D eigenvalue weighted by Crippen LogP contribution is -2.08. The standard InChI is InChI=1S/C10H11BrF3NO/c11-7-3-4-8(15-6-7)9(16)2-1-5-10(12,13)14/h3-4,6,9,16H,1-2,5H2. The molecule has 1 unspecified atom stereocenters. The van der Waals surface area contributed by atoms with E-state index < -0.39 is 18.7 Å². The van der Waals surface area contributed by atoms with Gasteiger partial charge in [-0.25, -0.2) is 0 Å². The number of hydrogen-bond acceptors (Lipinski definition) is 2. The SMILES string of the molecule is OC(CCCC(F)(F)F)c1ccc(Br)cn1. The molecule has 0 bridgehead atoms. The Bertz CT molecular complexity index is 326. The first-order valence-corrected chi connectivity index (χ1v) is 5.54. The first-order chi connectivity index (χ1) is 7.38. The molecule has 0 aliphatic carbocycles. The average Bonchev–Trinajstić information content (AvgIpc) is 2.16. The van der Waals surface area contributed by atoms with Crippen LogP contribution in [0, 0.1) is 0 Å². The molecule has 1 N–H and O–H groups in total. The third kappa shape index (κ3) is 4.94. The molecule has 0 saturated heterocycles. The zero-order chi connectivity index (χ0) is 12.2. The van der Waals surface area contributed by atoms with Crippen molar-refractivity contribution >= 4 is 15.9 Å². The Morgan fingerprint density at radius 3 is 2.56 bits per heavy atom. The Labute approximate surface area is 99.6 Å². The highest BCUT2D eigenvalue weighted by Gasteiger charge is 2.26. The largest absolute Gasteiger partial charge is 0.389 e. The van der Waals surface area contributed by atoms with E-state index in [0.29, 0.717) is 5.69 Å². The van der Waals surface area contributed by atoms with E-state index in [1.807, 2.05) is 0 Å². The number of aliphatic hydroxyl groups excluding tert-OH is 1. The van der Waals surface area contributed by atoms with Gasteiger partial charge in [0.1, 0.15) is 0 Å². The zero-order valence-corrected chi connectivity index (χ0v) is 9.92. The average molecular weight is 298 g/mol. The van der Waals surface area contributed by atoms with Gasteiger partial charge in [-0.3, -0.25) is 4.98 Å². The third-order valence-electron chi connectivity index (χ3n) is 2.03. The molecule has 0 fully saturated rings. The van der Waals surface area contributed by atoms with Gasteiger partial charge >= 0.3 is 6.18 Å². The van der Waals surface area contributed by atoms with E-state index in [2.05, 4.69) is 20.9 Å². The van der Waals surface area contributed by atoms with Crippen LogP contribution in [0.2, 0.25) is 0 Å². The van der Waals surface area contributed by atoms with Crippen molar-refractivity contribution in [2.24, 2.45) is 0 Å². The normalized spacial score (nSPS) is 13.8. The smallest absolute Gasteiger partial charge is 0.387 e. The first kappa shape index (κ1) is 13.4. The van der Waals surface area contributed by atoms with E-state index in [9.17, 15) is 18.3 Å². The first-order valence-electron chi connectivity index (χ1n) is 4.75. The quantitative estimate of drug-likeness (QED) is 0.921. The van der Waals surface area contributed by atoms with E-state index >= 15 is 0 Å². The van der Waals surface area contributed by atoms with Gasteiger partial charge < -0.3 is 5.11 Å². The van der Waals surface area contributed by atoms with Crippen molar-refractivity contribution in [2.45, 2.75) is 31.5 Å². The molecule has 0 saturated carbocycles. The van der Waals surface area contributed by atoms with E-state index in [4.69, 9.17) is 0 Å². The van der Waals surface area contributed by atoms with Crippen LogP contribution in [0.3, 0.4) is 0 Å². The lowest BCUT2D eigenvalue weighted by atomic mass is 10.1. The van der Waals surface area contributed by atoms with E-state index in [1.54, 1.807) is 12.1 Å². The number of aromatic nitrogens is 1. The molecular weight excluding hydrogens is 287 g/mol. The minimum atomic E-state index is -4.16. The zero-order valence-electron chi connectivity index (χ0n) is 8.34. The van der Waals surface area contributed by atoms with Crippen LogP contribution >= 0.6 is 15.9 Å². The number of hydrogen-bond donors (Lipinski definition) is 1. The summed E-state index contributed by atoms with van der Waals surface area (Å²) in [5.74, 6) is 0. The minimum absolute atomic E-state index is 0.0636. The van der Waals surface area contributed by atoms with Crippen LogP contribution < -0.4 is 0 Å². The summed E-state index contributed by atoms with van der Waals surface area (Å²) in [5.41, 5.74) is 0.394. The molecule has 0 spiro atoms. The van der Waals surface area contributed by atoms with Crippen molar-refractivity contribution in [1.29, 1.82) is 0 Å². The molecule has 0 aliphatic heterocycles. The molecule has 1 heterocycles. The minimum Gasteiger partial charge on any atom is -0.387 e. The Morgan fingerprint density at radius 2 is 2.06 bits per heavy atom. The summed E-state index contributed by atoms with van der Waals surface area (Å²) in [6.07, 6.45) is -4.50. The maximum absolute atomic E-state index is 11.9. The van der Waals surface area contributed by atoms with Crippen molar-refractivity contribution in [2.75, 3.05) is 0 Å². The van der Waals surface area contributed by atoms with Crippen LogP contribution in [-0.2, 0) is 0 Å². The molecule has 90 valence electrons. The molecule has 0 aromatic carbocycles. The summed E-state index contributed by atoms with van der Waals surface area (Å²) in [6, 6.07) is 3.28. The van der Waals surface area contributed by atoms with E-state index in [1.165, 1.54) is 6.20 Å². The third-order valence-corrected chi connectivity index (χ3v) is 2.50. The molecule has 0 amide bonds. The van der Waals surface area contributed by atoms with E-state index in [-0.39, 0.29) is 12.8 Å². The number of pyridine rings is 1. The van der Waals surface area contributed by atoms with Gasteiger partial charge in [-0.05, 0) is 40.9 Å². The van der Waals surface area contributed by atoms with Gasteiger partial charge in [0, 0.05) is 17.1 Å². The summed E-state index contributed by atoms with van der Waals surface area (Å²) < 4.78 is 36.3. The fourth-order valence-electron chi connectivity index (χ4n) is 1.23. The molecule has 1 aromatic rings. The highest BCUT2D eigenvalue weighted by Crippen LogP contribution is 2.25. The van der Waals surface area contributed by atoms with Crippen LogP contribution in [0.25, 0.3) is 0 Å². The van der Waals surface area contributed by atoms with Crippen LogP contribution in [0.15, 0.2) is 22.8 Å². The number of rotatable bonds is 4. The van der Waals surface area contributed by atoms with Gasteiger partial charge in [0.05, 0.1) is 11.8 Å². The van der Waals surface area contributed by atoms with Gasteiger partial charge in [-0.15, -0.1) is 0 Å². The lowest BCUT2D eigenvalue weighted by Gasteiger charge is -2.11. The maximum Gasteiger partial charge on any atom is 0.389 e. The van der Waals surface area contributed by atoms with Crippen molar-refractivity contribution < 1.29 is 18.3 Å². The second kappa shape index (κ2) is 5.63. The highest BCUT2D eigenvalue weighted by molar-refractivity contribution is 9.10. The van der Waals surface area contributed by atoms with Gasteiger partial charge in [-0.2, -0.15) is 13.2 Å². The molecule has 0 radical (unpaired) electrons. The second-order valence-electron chi connectivity index (χ2n) is 3.42. The second-order valence-corrected chi connectivity index (χ2v) is 4.34. The molecule has 6 heteroatoms. The molecule has 2 nitrogen and oxygen atoms in total. The Balaban J connectivity index is 2.41. The van der Waals surface area contributed by atoms with Crippen molar-refractivity contribution in [3.8, 4) is 0 Å². The maximum atomic E-state index is 11.9. The predicted octanol–water partition coefficient (Wildman–Crippen LogP) is 3.61. The lowest BCUT2D eigenvalue weighted by molar-refractivity contribution is -0.136. The van der Waals surface area contributed by atoms with Gasteiger partial charge in [0.2, 0.25) is 0 Å². The van der Waals surface area contributed by atoms with Gasteiger partial charge in [0.15, 0.2) is 0 Å². The van der Waals surface area contributed by atoms with E-state index in [0.717, 1.165) is 4.47 Å². The molecule has 0 aliphatic rings. The fraction of sp³-hybridized carbons (Fsp3) is 0.500. The molecular formula is C10H11BrF3NO. The van der Waals surface area contributed by atoms with Gasteiger partial charge in [0.25, 0.3) is 0 Å². The van der Waals surface area contributed by atoms with Crippen LogP contribution in [-0.4, -0.2) is 16.3 Å². The summed E-state index contributed by atoms with van der Waals surface area (Å²) >= 11 is 3.18. The number of alkyl halides is 3. The number of halogens is 4. The van der Waals surface area contributed by atoms with Gasteiger partial charge in [-0.1, -0.05) is 0 Å². The summed E-state index contributed by atoms with van der Waals surface area (Å²) in [5, 5.41) is 9.56. The number of nitrogens with zero attached hydrogens (tertiary/aromatic N) is 1. The van der Waals surface area contributed by atoms with Crippen LogP contribution in [0.1, 0.15) is 31.1 Å². The van der Waals surface area contributed by atoms with Crippen molar-refractivity contribution in [3.63, 3.8) is 0 Å². The molecule has 16 heavy (non-hydrogen) atoms. The monoisotopic (exact) mass is 297 g/mol. The Hall–Kier alpha value is -0.620. The topological polar surface area (TPSA) is 33.1 Å². The van der Waals surface area contributed by atoms with Crippen LogP contribution in [0.4, 0.5) is 13.2 Å². The predicted molar refractivity (Wildman–Crippen MR) is 56.8 cm³/mol. The van der Waals surface area contributed by atoms with Crippen molar-refractivity contribution in [1.82, 2.24) is 4.98 Å². The summed E-state index contributed by atoms with van der Waals surface area (Å²) in [6.45, 7) is 0. The Morgan fingerprint density at radius 1 is 1.38 bits per heavy atom. The number of aliphatic hydroxyl groups is 1. The van der Waals surface area contributed by atoms with Crippen LogP contribution in [0.5, 0.6) is 0 Å².